The summed E-state index contributed by atoms with van der Waals surface area (Å²) in [6, 6.07) is 38.0. The lowest BCUT2D eigenvalue weighted by molar-refractivity contribution is 0.130. The number of sulfonamides is 1. The Morgan fingerprint density at radius 3 is 1.88 bits per heavy atom. The number of rotatable bonds is 10. The molecule has 0 aromatic heterocycles. The first kappa shape index (κ1) is 30.5. The van der Waals surface area contributed by atoms with Gasteiger partial charge in [-0.2, -0.15) is 0 Å². The first-order chi connectivity index (χ1) is 19.9. The summed E-state index contributed by atoms with van der Waals surface area (Å²) in [7, 11) is -3.15. The Bertz CT molecular complexity index is 1430. The van der Waals surface area contributed by atoms with Gasteiger partial charge in [0.15, 0.2) is 0 Å². The van der Waals surface area contributed by atoms with Gasteiger partial charge in [0.25, 0.3) is 10.0 Å². The minimum Gasteiger partial charge on any atom is -0.449 e. The van der Waals surface area contributed by atoms with Gasteiger partial charge in [0.1, 0.15) is 0 Å². The van der Waals surface area contributed by atoms with Crippen LogP contribution in [0.25, 0.3) is 0 Å². The molecular weight excluding hydrogens is 549 g/mol. The zero-order valence-corrected chi connectivity index (χ0v) is 25.5. The molecule has 41 heavy (non-hydrogen) atoms. The molecule has 0 heterocycles. The van der Waals surface area contributed by atoms with Gasteiger partial charge in [-0.05, 0) is 73.3 Å². The number of aryl methyl sites for hydroxylation is 1. The van der Waals surface area contributed by atoms with Crippen LogP contribution in [-0.2, 0) is 21.2 Å². The molecule has 2 atom stereocenters. The largest absolute Gasteiger partial charge is 0.449 e. The van der Waals surface area contributed by atoms with Crippen LogP contribution < -0.4 is 10.6 Å². The molecule has 0 radical (unpaired) electrons. The molecule has 1 saturated carbocycles. The highest BCUT2D eigenvalue weighted by Crippen LogP contribution is 2.43. The van der Waals surface area contributed by atoms with Crippen LogP contribution in [0.5, 0.6) is 0 Å². The molecule has 1 amide bonds. The molecule has 1 aliphatic carbocycles. The maximum Gasteiger partial charge on any atom is 0.423 e. The van der Waals surface area contributed by atoms with Crippen molar-refractivity contribution in [2.45, 2.75) is 38.0 Å². The second-order valence-corrected chi connectivity index (χ2v) is 13.4. The molecule has 7 heteroatoms. The van der Waals surface area contributed by atoms with Crippen LogP contribution in [0.3, 0.4) is 0 Å². The molecule has 1 fully saturated rings. The van der Waals surface area contributed by atoms with Crippen molar-refractivity contribution in [1.82, 2.24) is 4.31 Å². The third kappa shape index (κ3) is 9.27. The van der Waals surface area contributed by atoms with Gasteiger partial charge in [-0.25, -0.2) is 17.5 Å². The Kier molecular flexibility index (Phi) is 11.1. The van der Waals surface area contributed by atoms with Crippen LogP contribution in [0.1, 0.15) is 30.9 Å². The Morgan fingerprint density at radius 1 is 0.805 bits per heavy atom. The van der Waals surface area contributed by atoms with E-state index in [2.05, 4.69) is 72.8 Å². The minimum atomic E-state index is -3.92. The lowest BCUT2D eigenvalue weighted by atomic mass is 10.1. The molecule has 1 unspecified atom stereocenters. The highest BCUT2D eigenvalue weighted by Gasteiger charge is 2.39. The van der Waals surface area contributed by atoms with E-state index in [0.717, 1.165) is 31.3 Å². The van der Waals surface area contributed by atoms with Gasteiger partial charge in [-0.15, -0.1) is 0 Å². The van der Waals surface area contributed by atoms with E-state index in [1.165, 1.54) is 28.3 Å². The van der Waals surface area contributed by atoms with Crippen molar-refractivity contribution in [2.24, 2.45) is 11.8 Å². The summed E-state index contributed by atoms with van der Waals surface area (Å²) >= 11 is 0. The molecule has 0 aliphatic heterocycles. The number of nitrogens with zero attached hydrogens (tertiary/aromatic N) is 1. The van der Waals surface area contributed by atoms with E-state index < -0.39 is 16.1 Å². The first-order valence-electron chi connectivity index (χ1n) is 14.0. The zero-order chi connectivity index (χ0) is 29.1. The molecule has 5 rings (SSSR count). The van der Waals surface area contributed by atoms with Crippen molar-refractivity contribution in [1.29, 1.82) is 0 Å². The highest BCUT2D eigenvalue weighted by atomic mass is 32.2. The fourth-order valence-corrected chi connectivity index (χ4v) is 7.05. The van der Waals surface area contributed by atoms with Gasteiger partial charge in [0, 0.05) is 6.54 Å². The molecule has 1 aliphatic rings. The predicted octanol–water partition coefficient (Wildman–Crippen LogP) is 6.73. The first-order valence-corrected chi connectivity index (χ1v) is 16.5. The van der Waals surface area contributed by atoms with Gasteiger partial charge < -0.3 is 4.74 Å². The van der Waals surface area contributed by atoms with Crippen molar-refractivity contribution < 1.29 is 17.9 Å². The highest BCUT2D eigenvalue weighted by molar-refractivity contribution is 7.89. The second-order valence-electron chi connectivity index (χ2n) is 10.2. The standard InChI is InChI=1S/C22H27NO4S.C12H11P/c1-3-27-22(24)23(28(25,26)21-11-9-17(2)10-12-21)14-13-19-16-20(19)15-18-7-5-4-6-8-18;1-3-7-11(8-4-1)13-12-9-5-2-6-10-12/h4-12,19-20H,3,13-16H2,1-2H3;1-10,13H/t19?,20-;/m1./s1. The molecule has 0 spiro atoms. The van der Waals surface area contributed by atoms with E-state index in [4.69, 9.17) is 4.74 Å². The summed E-state index contributed by atoms with van der Waals surface area (Å²) in [5.74, 6) is 0.985. The molecular formula is C34H38NO4PS. The lowest BCUT2D eigenvalue weighted by Crippen LogP contribution is -2.38. The van der Waals surface area contributed by atoms with Gasteiger partial charge in [-0.1, -0.05) is 117 Å². The number of amides is 1. The van der Waals surface area contributed by atoms with Crippen molar-refractivity contribution in [2.75, 3.05) is 13.2 Å². The lowest BCUT2D eigenvalue weighted by Gasteiger charge is -2.22. The quantitative estimate of drug-likeness (QED) is 0.193. The second kappa shape index (κ2) is 15.0. The summed E-state index contributed by atoms with van der Waals surface area (Å²) in [5.41, 5.74) is 2.26. The van der Waals surface area contributed by atoms with E-state index in [1.54, 1.807) is 19.1 Å². The van der Waals surface area contributed by atoms with Crippen LogP contribution in [0.4, 0.5) is 4.79 Å². The molecule has 0 bridgehead atoms. The molecule has 214 valence electrons. The predicted molar refractivity (Wildman–Crippen MR) is 169 cm³/mol. The average molecular weight is 588 g/mol. The summed E-state index contributed by atoms with van der Waals surface area (Å²) in [6.07, 6.45) is 1.91. The normalized spacial score (nSPS) is 15.8. The van der Waals surface area contributed by atoms with Crippen LogP contribution in [0, 0.1) is 18.8 Å². The van der Waals surface area contributed by atoms with E-state index in [1.807, 2.05) is 25.1 Å². The van der Waals surface area contributed by atoms with Crippen LogP contribution in [-0.4, -0.2) is 32.0 Å². The number of hydrogen-bond donors (Lipinski definition) is 0. The summed E-state index contributed by atoms with van der Waals surface area (Å²) in [6.45, 7) is 3.84. The summed E-state index contributed by atoms with van der Waals surface area (Å²) in [5, 5.41) is 2.79. The number of benzene rings is 4. The SMILES string of the molecule is CCOC(=O)N(CCC1C[C@H]1Cc1ccccc1)S(=O)(=O)c1ccc(C)cc1.c1ccc(Pc2ccccc2)cc1. The van der Waals surface area contributed by atoms with E-state index >= 15 is 0 Å². The third-order valence-electron chi connectivity index (χ3n) is 7.03. The van der Waals surface area contributed by atoms with Crippen molar-refractivity contribution >= 4 is 35.3 Å². The number of carbonyl (C=O) groups is 1. The topological polar surface area (TPSA) is 63.7 Å². The van der Waals surface area contributed by atoms with Gasteiger partial charge in [0.05, 0.1) is 11.5 Å². The number of ether oxygens (including phenoxy) is 1. The molecule has 4 aromatic carbocycles. The third-order valence-corrected chi connectivity index (χ3v) is 10.1. The maximum atomic E-state index is 13.0. The van der Waals surface area contributed by atoms with E-state index in [9.17, 15) is 13.2 Å². The number of carbonyl (C=O) groups excluding carboxylic acids is 1. The smallest absolute Gasteiger partial charge is 0.423 e. The van der Waals surface area contributed by atoms with Gasteiger partial charge in [-0.3, -0.25) is 0 Å². The van der Waals surface area contributed by atoms with Gasteiger partial charge >= 0.3 is 6.09 Å². The summed E-state index contributed by atoms with van der Waals surface area (Å²) in [4.78, 5) is 12.5. The average Bonchev–Trinajstić information content (AvgIpc) is 3.72. The fraction of sp³-hybridized carbons (Fsp3) is 0.265. The van der Waals surface area contributed by atoms with Crippen LogP contribution >= 0.6 is 8.58 Å². The Labute approximate surface area is 246 Å². The Morgan fingerprint density at radius 2 is 1.34 bits per heavy atom. The maximum absolute atomic E-state index is 13.0. The molecule has 4 aromatic rings. The Balaban J connectivity index is 0.000000247. The fourth-order valence-electron chi connectivity index (χ4n) is 4.67. The van der Waals surface area contributed by atoms with Crippen molar-refractivity contribution in [3.05, 3.63) is 126 Å². The van der Waals surface area contributed by atoms with Crippen molar-refractivity contribution in [3.63, 3.8) is 0 Å². The number of hydrogen-bond acceptors (Lipinski definition) is 4. The van der Waals surface area contributed by atoms with E-state index in [-0.39, 0.29) is 18.0 Å². The molecule has 5 nitrogen and oxygen atoms in total. The Hall–Kier alpha value is -3.47. The van der Waals surface area contributed by atoms with Gasteiger partial charge in [0.2, 0.25) is 0 Å². The monoisotopic (exact) mass is 587 g/mol. The molecule has 0 saturated heterocycles. The molecule has 0 N–H and O–H groups in total. The minimum absolute atomic E-state index is 0.114. The van der Waals surface area contributed by atoms with Crippen LogP contribution in [0.2, 0.25) is 0 Å². The zero-order valence-electron chi connectivity index (χ0n) is 23.6. The van der Waals surface area contributed by atoms with Crippen molar-refractivity contribution in [3.8, 4) is 0 Å². The van der Waals surface area contributed by atoms with Crippen LogP contribution in [0.15, 0.2) is 120 Å². The van der Waals surface area contributed by atoms with E-state index in [0.29, 0.717) is 18.3 Å². The summed E-state index contributed by atoms with van der Waals surface area (Å²) < 4.78 is 31.9.